The van der Waals surface area contributed by atoms with E-state index in [-0.39, 0.29) is 23.3 Å². The minimum absolute atomic E-state index is 0.0767. The lowest BCUT2D eigenvalue weighted by Gasteiger charge is -2.49. The van der Waals surface area contributed by atoms with Gasteiger partial charge in [-0.15, -0.1) is 10.2 Å². The molecule has 2 unspecified atom stereocenters. The Kier molecular flexibility index (Phi) is 4.51. The number of hydrogen-bond acceptors (Lipinski definition) is 5. The summed E-state index contributed by atoms with van der Waals surface area (Å²) in [4.78, 5) is 12.0. The first-order valence-electron chi connectivity index (χ1n) is 7.67. The van der Waals surface area contributed by atoms with Crippen LogP contribution >= 0.6 is 11.3 Å². The van der Waals surface area contributed by atoms with Crippen LogP contribution in [-0.4, -0.2) is 33.5 Å². The molecule has 2 amide bonds. The summed E-state index contributed by atoms with van der Waals surface area (Å²) in [5.74, 6) is -0.292. The van der Waals surface area contributed by atoms with E-state index < -0.39 is 6.10 Å². The van der Waals surface area contributed by atoms with Crippen LogP contribution in [0.4, 0.5) is 14.3 Å². The fourth-order valence-electron chi connectivity index (χ4n) is 2.64. The molecule has 1 saturated carbocycles. The maximum atomic E-state index is 13.2. The van der Waals surface area contributed by atoms with E-state index in [0.717, 1.165) is 5.56 Å². The highest BCUT2D eigenvalue weighted by Gasteiger charge is 2.48. The SMILES string of the molecule is CC1(C)C(O)CC1NC(=O)Nc1nnc(Cc2cccc(F)c2)s1. The fourth-order valence-corrected chi connectivity index (χ4v) is 3.41. The Bertz CT molecular complexity index is 749. The van der Waals surface area contributed by atoms with Crippen molar-refractivity contribution in [3.8, 4) is 0 Å². The first kappa shape index (κ1) is 16.8. The average Bonchev–Trinajstić information content (AvgIpc) is 2.94. The van der Waals surface area contributed by atoms with Gasteiger partial charge in [-0.05, 0) is 24.1 Å². The van der Waals surface area contributed by atoms with Gasteiger partial charge < -0.3 is 10.4 Å². The molecular weight excluding hydrogens is 331 g/mol. The lowest BCUT2D eigenvalue weighted by Crippen LogP contribution is -2.61. The lowest BCUT2D eigenvalue weighted by molar-refractivity contribution is -0.0673. The molecule has 3 N–H and O–H groups in total. The van der Waals surface area contributed by atoms with Gasteiger partial charge >= 0.3 is 6.03 Å². The van der Waals surface area contributed by atoms with Crippen molar-refractivity contribution in [3.05, 3.63) is 40.7 Å². The van der Waals surface area contributed by atoms with Crippen LogP contribution in [-0.2, 0) is 6.42 Å². The summed E-state index contributed by atoms with van der Waals surface area (Å²) < 4.78 is 13.2. The zero-order valence-corrected chi connectivity index (χ0v) is 14.2. The fraction of sp³-hybridized carbons (Fsp3) is 0.438. The summed E-state index contributed by atoms with van der Waals surface area (Å²) in [6.45, 7) is 3.82. The van der Waals surface area contributed by atoms with Crippen LogP contribution in [0.15, 0.2) is 24.3 Å². The minimum Gasteiger partial charge on any atom is -0.392 e. The molecule has 3 rings (SSSR count). The molecule has 1 aromatic carbocycles. The minimum atomic E-state index is -0.401. The van der Waals surface area contributed by atoms with E-state index >= 15 is 0 Å². The summed E-state index contributed by atoms with van der Waals surface area (Å²) in [5, 5.41) is 24.2. The molecule has 1 aliphatic carbocycles. The third kappa shape index (κ3) is 3.54. The Balaban J connectivity index is 1.55. The number of aromatic nitrogens is 2. The Morgan fingerprint density at radius 1 is 1.46 bits per heavy atom. The number of rotatable bonds is 4. The van der Waals surface area contributed by atoms with Gasteiger partial charge in [0.05, 0.1) is 6.10 Å². The van der Waals surface area contributed by atoms with Gasteiger partial charge in [0.1, 0.15) is 10.8 Å². The van der Waals surface area contributed by atoms with Crippen molar-refractivity contribution in [2.75, 3.05) is 5.32 Å². The van der Waals surface area contributed by atoms with E-state index in [9.17, 15) is 14.3 Å². The molecule has 6 nitrogen and oxygen atoms in total. The molecule has 2 atom stereocenters. The van der Waals surface area contributed by atoms with E-state index in [1.54, 1.807) is 6.07 Å². The molecule has 0 spiro atoms. The lowest BCUT2D eigenvalue weighted by atomic mass is 9.65. The third-order valence-electron chi connectivity index (χ3n) is 4.45. The van der Waals surface area contributed by atoms with Gasteiger partial charge in [-0.3, -0.25) is 5.32 Å². The molecule has 1 heterocycles. The van der Waals surface area contributed by atoms with Gasteiger partial charge in [0.15, 0.2) is 0 Å². The van der Waals surface area contributed by atoms with Crippen LogP contribution in [0, 0.1) is 11.2 Å². The highest BCUT2D eigenvalue weighted by atomic mass is 32.1. The summed E-state index contributed by atoms with van der Waals surface area (Å²) in [6, 6.07) is 5.85. The molecule has 0 bridgehead atoms. The van der Waals surface area contributed by atoms with Gasteiger partial charge in [-0.2, -0.15) is 0 Å². The molecule has 8 heteroatoms. The Hall–Kier alpha value is -2.06. The van der Waals surface area contributed by atoms with E-state index in [1.165, 1.54) is 23.5 Å². The van der Waals surface area contributed by atoms with Crippen molar-refractivity contribution in [2.45, 2.75) is 38.8 Å². The van der Waals surface area contributed by atoms with Gasteiger partial charge in [0.25, 0.3) is 0 Å². The van der Waals surface area contributed by atoms with Crippen LogP contribution < -0.4 is 10.6 Å². The van der Waals surface area contributed by atoms with E-state index in [1.807, 2.05) is 19.9 Å². The van der Waals surface area contributed by atoms with Gasteiger partial charge in [-0.25, -0.2) is 9.18 Å². The highest BCUT2D eigenvalue weighted by molar-refractivity contribution is 7.15. The number of urea groups is 1. The number of hydrogen-bond donors (Lipinski definition) is 3. The summed E-state index contributed by atoms with van der Waals surface area (Å²) in [6.07, 6.45) is 0.601. The summed E-state index contributed by atoms with van der Waals surface area (Å²) in [7, 11) is 0. The second-order valence-electron chi connectivity index (χ2n) is 6.53. The Labute approximate surface area is 143 Å². The second kappa shape index (κ2) is 6.45. The highest BCUT2D eigenvalue weighted by Crippen LogP contribution is 2.40. The monoisotopic (exact) mass is 350 g/mol. The third-order valence-corrected chi connectivity index (χ3v) is 5.29. The molecule has 0 aliphatic heterocycles. The molecule has 1 fully saturated rings. The quantitative estimate of drug-likeness (QED) is 0.791. The predicted octanol–water partition coefficient (Wildman–Crippen LogP) is 2.55. The number of halogens is 1. The van der Waals surface area contributed by atoms with Crippen LogP contribution in [0.25, 0.3) is 0 Å². The standard InChI is InChI=1S/C16H19FN4O2S/c1-16(2)11(8-12(16)22)18-14(23)19-15-21-20-13(24-15)7-9-4-3-5-10(17)6-9/h3-6,11-12,22H,7-8H2,1-2H3,(H2,18,19,21,23). The second-order valence-corrected chi connectivity index (χ2v) is 7.59. The maximum Gasteiger partial charge on any atom is 0.321 e. The van der Waals surface area contributed by atoms with Crippen molar-refractivity contribution in [1.29, 1.82) is 0 Å². The van der Waals surface area contributed by atoms with Crippen LogP contribution in [0.5, 0.6) is 0 Å². The van der Waals surface area contributed by atoms with Crippen molar-refractivity contribution >= 4 is 22.5 Å². The largest absolute Gasteiger partial charge is 0.392 e. The molecule has 0 saturated heterocycles. The van der Waals surface area contributed by atoms with Gasteiger partial charge in [-0.1, -0.05) is 37.3 Å². The Morgan fingerprint density at radius 2 is 2.25 bits per heavy atom. The van der Waals surface area contributed by atoms with E-state index in [2.05, 4.69) is 20.8 Å². The predicted molar refractivity (Wildman–Crippen MR) is 89.5 cm³/mol. The van der Waals surface area contributed by atoms with E-state index in [0.29, 0.717) is 23.0 Å². The zero-order valence-electron chi connectivity index (χ0n) is 13.4. The topological polar surface area (TPSA) is 87.1 Å². The summed E-state index contributed by atoms with van der Waals surface area (Å²) in [5.41, 5.74) is 0.466. The van der Waals surface area contributed by atoms with Crippen molar-refractivity contribution < 1.29 is 14.3 Å². The van der Waals surface area contributed by atoms with Crippen LogP contribution in [0.2, 0.25) is 0 Å². The maximum absolute atomic E-state index is 13.2. The van der Waals surface area contributed by atoms with Crippen molar-refractivity contribution in [2.24, 2.45) is 5.41 Å². The number of amides is 2. The zero-order chi connectivity index (χ0) is 17.3. The van der Waals surface area contributed by atoms with Gasteiger partial charge in [0, 0.05) is 17.9 Å². The number of nitrogens with zero attached hydrogens (tertiary/aromatic N) is 2. The Morgan fingerprint density at radius 3 is 2.92 bits per heavy atom. The summed E-state index contributed by atoms with van der Waals surface area (Å²) >= 11 is 1.25. The first-order valence-corrected chi connectivity index (χ1v) is 8.48. The molecule has 0 radical (unpaired) electrons. The van der Waals surface area contributed by atoms with Crippen LogP contribution in [0.3, 0.4) is 0 Å². The molecular formula is C16H19FN4O2S. The van der Waals surface area contributed by atoms with Gasteiger partial charge in [0.2, 0.25) is 5.13 Å². The van der Waals surface area contributed by atoms with Crippen molar-refractivity contribution in [3.63, 3.8) is 0 Å². The number of carbonyl (C=O) groups excluding carboxylic acids is 1. The number of aliphatic hydroxyl groups is 1. The molecule has 1 aliphatic rings. The average molecular weight is 350 g/mol. The molecule has 24 heavy (non-hydrogen) atoms. The first-order chi connectivity index (χ1) is 11.3. The number of nitrogens with one attached hydrogen (secondary N) is 2. The normalized spacial score (nSPS) is 21.8. The van der Waals surface area contributed by atoms with E-state index in [4.69, 9.17) is 0 Å². The van der Waals surface area contributed by atoms with Crippen molar-refractivity contribution in [1.82, 2.24) is 15.5 Å². The number of anilines is 1. The molecule has 1 aromatic heterocycles. The number of benzene rings is 1. The number of aliphatic hydroxyl groups excluding tert-OH is 1. The van der Waals surface area contributed by atoms with Crippen LogP contribution in [0.1, 0.15) is 30.8 Å². The molecule has 2 aromatic rings. The number of carbonyl (C=O) groups is 1. The smallest absolute Gasteiger partial charge is 0.321 e. The molecule has 128 valence electrons.